The minimum Gasteiger partial charge on any atom is -0.392 e. The summed E-state index contributed by atoms with van der Waals surface area (Å²) in [7, 11) is 0. The van der Waals surface area contributed by atoms with Crippen molar-refractivity contribution >= 4 is 39.6 Å². The number of fused-ring (bicyclic) bond motifs is 5. The third-order valence-corrected chi connectivity index (χ3v) is 5.82. The van der Waals surface area contributed by atoms with Gasteiger partial charge in [-0.25, -0.2) is 9.97 Å². The SMILES string of the molecule is OCc1ccc(-c2nc3ccccc3c3cc4cc(/C=C/n5ccnc5)ccn4c23)cc1. The molecule has 0 unspecified atom stereocenters. The number of aliphatic hydroxyl groups is 1. The molecule has 0 fully saturated rings. The normalized spacial score (nSPS) is 11.9. The first-order valence-corrected chi connectivity index (χ1v) is 10.5. The summed E-state index contributed by atoms with van der Waals surface area (Å²) >= 11 is 0. The molecule has 6 rings (SSSR count). The molecule has 6 aromatic rings. The van der Waals surface area contributed by atoms with E-state index in [9.17, 15) is 5.11 Å². The highest BCUT2D eigenvalue weighted by molar-refractivity contribution is 6.12. The Kier molecular flexibility index (Phi) is 4.33. The van der Waals surface area contributed by atoms with Crippen LogP contribution < -0.4 is 0 Å². The predicted molar refractivity (Wildman–Crippen MR) is 129 cm³/mol. The van der Waals surface area contributed by atoms with E-state index < -0.39 is 0 Å². The lowest BCUT2D eigenvalue weighted by molar-refractivity contribution is 0.282. The average molecular weight is 416 g/mol. The number of nitrogens with zero attached hydrogens (tertiary/aromatic N) is 4. The highest BCUT2D eigenvalue weighted by atomic mass is 16.3. The number of aromatic nitrogens is 4. The van der Waals surface area contributed by atoms with Crippen LogP contribution in [-0.2, 0) is 6.61 Å². The fourth-order valence-electron chi connectivity index (χ4n) is 4.22. The molecule has 0 atom stereocenters. The van der Waals surface area contributed by atoms with Crippen molar-refractivity contribution in [3.63, 3.8) is 0 Å². The van der Waals surface area contributed by atoms with E-state index in [4.69, 9.17) is 4.98 Å². The van der Waals surface area contributed by atoms with Crippen LogP contribution in [0.15, 0.2) is 91.6 Å². The van der Waals surface area contributed by atoms with Gasteiger partial charge in [-0.15, -0.1) is 0 Å². The van der Waals surface area contributed by atoms with Gasteiger partial charge in [-0.3, -0.25) is 0 Å². The number of hydrogen-bond donors (Lipinski definition) is 1. The molecule has 0 amide bonds. The molecule has 5 heteroatoms. The quantitative estimate of drug-likeness (QED) is 0.406. The third-order valence-electron chi connectivity index (χ3n) is 5.82. The van der Waals surface area contributed by atoms with E-state index in [1.807, 2.05) is 47.3 Å². The van der Waals surface area contributed by atoms with Gasteiger partial charge < -0.3 is 14.1 Å². The number of imidazole rings is 1. The maximum atomic E-state index is 9.42. The van der Waals surface area contributed by atoms with Gasteiger partial charge in [-0.2, -0.15) is 0 Å². The molecule has 4 heterocycles. The number of hydrogen-bond acceptors (Lipinski definition) is 3. The van der Waals surface area contributed by atoms with Crippen molar-refractivity contribution in [3.8, 4) is 11.3 Å². The molecule has 0 radical (unpaired) electrons. The molecule has 0 aliphatic carbocycles. The number of para-hydroxylation sites is 1. The van der Waals surface area contributed by atoms with Crippen molar-refractivity contribution in [1.82, 2.24) is 18.9 Å². The fraction of sp³-hybridized carbons (Fsp3) is 0.0370. The second-order valence-corrected chi connectivity index (χ2v) is 7.82. The highest BCUT2D eigenvalue weighted by Gasteiger charge is 2.15. The van der Waals surface area contributed by atoms with Gasteiger partial charge in [0.15, 0.2) is 0 Å². The largest absolute Gasteiger partial charge is 0.392 e. The molecule has 2 aromatic carbocycles. The van der Waals surface area contributed by atoms with E-state index in [-0.39, 0.29) is 6.61 Å². The van der Waals surface area contributed by atoms with Crippen LogP contribution in [0.5, 0.6) is 0 Å². The minimum absolute atomic E-state index is 0.0320. The van der Waals surface area contributed by atoms with Gasteiger partial charge in [0.05, 0.1) is 29.7 Å². The molecule has 0 saturated heterocycles. The molecule has 0 saturated carbocycles. The Bertz CT molecular complexity index is 1590. The molecule has 5 nitrogen and oxygen atoms in total. The van der Waals surface area contributed by atoms with Crippen molar-refractivity contribution in [2.24, 2.45) is 0 Å². The van der Waals surface area contributed by atoms with E-state index in [2.05, 4.69) is 58.1 Å². The Morgan fingerprint density at radius 2 is 1.78 bits per heavy atom. The van der Waals surface area contributed by atoms with Gasteiger partial charge >= 0.3 is 0 Å². The molecule has 32 heavy (non-hydrogen) atoms. The Hall–Kier alpha value is -4.22. The van der Waals surface area contributed by atoms with E-state index in [1.54, 1.807) is 12.5 Å². The lowest BCUT2D eigenvalue weighted by Crippen LogP contribution is -1.93. The summed E-state index contributed by atoms with van der Waals surface area (Å²) in [5.41, 5.74) is 7.13. The van der Waals surface area contributed by atoms with Crippen molar-refractivity contribution in [1.29, 1.82) is 0 Å². The van der Waals surface area contributed by atoms with Crippen molar-refractivity contribution in [3.05, 3.63) is 103 Å². The minimum atomic E-state index is 0.0320. The number of pyridine rings is 2. The second kappa shape index (κ2) is 7.48. The van der Waals surface area contributed by atoms with Gasteiger partial charge in [-0.05, 0) is 41.5 Å². The van der Waals surface area contributed by atoms with Crippen LogP contribution in [0.3, 0.4) is 0 Å². The van der Waals surface area contributed by atoms with Crippen LogP contribution in [0, 0.1) is 0 Å². The van der Waals surface area contributed by atoms with Crippen molar-refractivity contribution in [2.75, 3.05) is 0 Å². The van der Waals surface area contributed by atoms with E-state index in [1.165, 1.54) is 5.39 Å². The highest BCUT2D eigenvalue weighted by Crippen LogP contribution is 2.35. The number of aliphatic hydroxyl groups excluding tert-OH is 1. The van der Waals surface area contributed by atoms with Crippen LogP contribution >= 0.6 is 0 Å². The van der Waals surface area contributed by atoms with Gasteiger partial charge in [0.2, 0.25) is 0 Å². The van der Waals surface area contributed by atoms with E-state index in [0.717, 1.165) is 44.3 Å². The molecule has 154 valence electrons. The Morgan fingerprint density at radius 3 is 2.59 bits per heavy atom. The summed E-state index contributed by atoms with van der Waals surface area (Å²) in [6.45, 7) is 0.0320. The van der Waals surface area contributed by atoms with E-state index >= 15 is 0 Å². The number of benzene rings is 2. The van der Waals surface area contributed by atoms with Crippen molar-refractivity contribution in [2.45, 2.75) is 6.61 Å². The van der Waals surface area contributed by atoms with Crippen LogP contribution in [-0.4, -0.2) is 24.0 Å². The van der Waals surface area contributed by atoms with E-state index in [0.29, 0.717) is 0 Å². The zero-order valence-corrected chi connectivity index (χ0v) is 17.3. The molecule has 0 aliphatic rings. The van der Waals surface area contributed by atoms with Gasteiger partial charge in [0.1, 0.15) is 0 Å². The predicted octanol–water partition coefficient (Wildman–Crippen LogP) is 5.62. The molecule has 4 aromatic heterocycles. The first-order chi connectivity index (χ1) is 15.8. The molecule has 0 spiro atoms. The standard InChI is InChI=1S/C27H20N4O/c32-17-20-5-7-21(8-6-20)26-27-24(23-3-1-2-4-25(23)29-26)16-22-15-19(10-13-31(22)27)9-12-30-14-11-28-18-30/h1-16,18,32H,17H2/b12-9+. The zero-order chi connectivity index (χ0) is 21.5. The maximum absolute atomic E-state index is 9.42. The Labute approximate surface area is 184 Å². The van der Waals surface area contributed by atoms with Crippen LogP contribution in [0.25, 0.3) is 50.9 Å². The lowest BCUT2D eigenvalue weighted by Gasteiger charge is -2.09. The van der Waals surface area contributed by atoms with Gasteiger partial charge in [-0.1, -0.05) is 42.5 Å². The topological polar surface area (TPSA) is 55.4 Å². The van der Waals surface area contributed by atoms with Crippen LogP contribution in [0.1, 0.15) is 11.1 Å². The third kappa shape index (κ3) is 3.07. The summed E-state index contributed by atoms with van der Waals surface area (Å²) < 4.78 is 4.13. The lowest BCUT2D eigenvalue weighted by atomic mass is 10.0. The Morgan fingerprint density at radius 1 is 0.906 bits per heavy atom. The summed E-state index contributed by atoms with van der Waals surface area (Å²) in [6, 6.07) is 22.8. The smallest absolute Gasteiger partial charge is 0.0986 e. The zero-order valence-electron chi connectivity index (χ0n) is 17.3. The fourth-order valence-corrected chi connectivity index (χ4v) is 4.22. The summed E-state index contributed by atoms with van der Waals surface area (Å²) in [4.78, 5) is 9.11. The first-order valence-electron chi connectivity index (χ1n) is 10.5. The maximum Gasteiger partial charge on any atom is 0.0986 e. The van der Waals surface area contributed by atoms with Crippen LogP contribution in [0.2, 0.25) is 0 Å². The molecular weight excluding hydrogens is 396 g/mol. The molecule has 0 bridgehead atoms. The second-order valence-electron chi connectivity index (χ2n) is 7.82. The summed E-state index contributed by atoms with van der Waals surface area (Å²) in [6.07, 6.45) is 11.6. The average Bonchev–Trinajstić information content (AvgIpc) is 3.50. The summed E-state index contributed by atoms with van der Waals surface area (Å²) in [5, 5.41) is 11.7. The van der Waals surface area contributed by atoms with Crippen LogP contribution in [0.4, 0.5) is 0 Å². The molecule has 0 aliphatic heterocycles. The monoisotopic (exact) mass is 416 g/mol. The molecule has 1 N–H and O–H groups in total. The Balaban J connectivity index is 1.59. The summed E-state index contributed by atoms with van der Waals surface area (Å²) in [5.74, 6) is 0. The van der Waals surface area contributed by atoms with Gasteiger partial charge in [0, 0.05) is 46.6 Å². The first kappa shape index (κ1) is 18.5. The molecular formula is C27H20N4O. The number of rotatable bonds is 4. The van der Waals surface area contributed by atoms with Gasteiger partial charge in [0.25, 0.3) is 0 Å². The van der Waals surface area contributed by atoms with Crippen molar-refractivity contribution < 1.29 is 5.11 Å².